The van der Waals surface area contributed by atoms with Crippen molar-refractivity contribution < 1.29 is 4.74 Å². The first-order chi connectivity index (χ1) is 9.27. The molecule has 0 aromatic heterocycles. The molecule has 1 aromatic rings. The quantitative estimate of drug-likeness (QED) is 0.692. The summed E-state index contributed by atoms with van der Waals surface area (Å²) in [6.45, 7) is 7.76. The average Bonchev–Trinajstić information content (AvgIpc) is 2.92. The summed E-state index contributed by atoms with van der Waals surface area (Å²) in [6.07, 6.45) is 2.39. The van der Waals surface area contributed by atoms with E-state index in [1.165, 1.54) is 36.7 Å². The van der Waals surface area contributed by atoms with E-state index in [0.717, 1.165) is 18.8 Å². The van der Waals surface area contributed by atoms with Gasteiger partial charge in [-0.15, -0.1) is 24.2 Å². The molecule has 0 N–H and O–H groups in total. The predicted molar refractivity (Wildman–Crippen MR) is 91.4 cm³/mol. The van der Waals surface area contributed by atoms with Crippen molar-refractivity contribution in [1.82, 2.24) is 4.90 Å². The molecule has 1 aliphatic heterocycles. The second-order valence-electron chi connectivity index (χ2n) is 5.40. The van der Waals surface area contributed by atoms with Crippen molar-refractivity contribution in [2.45, 2.75) is 32.6 Å². The molecule has 1 fully saturated rings. The number of halogens is 1. The summed E-state index contributed by atoms with van der Waals surface area (Å²) in [5.41, 5.74) is 1.32. The maximum absolute atomic E-state index is 5.94. The van der Waals surface area contributed by atoms with Crippen LogP contribution < -0.4 is 4.74 Å². The summed E-state index contributed by atoms with van der Waals surface area (Å²) in [7, 11) is 0. The molecule has 0 amide bonds. The lowest BCUT2D eigenvalue weighted by Gasteiger charge is -2.15. The fourth-order valence-electron chi connectivity index (χ4n) is 2.34. The summed E-state index contributed by atoms with van der Waals surface area (Å²) in [6, 6.07) is 8.41. The Morgan fingerprint density at radius 2 is 2.05 bits per heavy atom. The zero-order valence-electron chi connectivity index (χ0n) is 12.5. The lowest BCUT2D eigenvalue weighted by molar-refractivity contribution is 0.282. The number of hydrogen-bond acceptors (Lipinski definition) is 3. The Morgan fingerprint density at radius 3 is 2.75 bits per heavy atom. The van der Waals surface area contributed by atoms with Crippen molar-refractivity contribution >= 4 is 24.2 Å². The molecule has 1 heterocycles. The summed E-state index contributed by atoms with van der Waals surface area (Å²) in [5, 5.41) is 0. The monoisotopic (exact) mass is 315 g/mol. The molecule has 20 heavy (non-hydrogen) atoms. The molecule has 2 nitrogen and oxygen atoms in total. The van der Waals surface area contributed by atoms with Gasteiger partial charge in [0.2, 0.25) is 0 Å². The Balaban J connectivity index is 0.00000200. The molecule has 0 atom stereocenters. The number of unbranched alkanes of at least 4 members (excludes halogenated alkanes) is 1. The molecular weight excluding hydrogens is 290 g/mol. The van der Waals surface area contributed by atoms with E-state index in [1.807, 2.05) is 11.8 Å². The zero-order valence-corrected chi connectivity index (χ0v) is 14.1. The van der Waals surface area contributed by atoms with Crippen molar-refractivity contribution in [2.75, 3.05) is 31.3 Å². The largest absolute Gasteiger partial charge is 0.493 e. The third kappa shape index (κ3) is 5.55. The Hall–Kier alpha value is -0.380. The first-order valence-electron chi connectivity index (χ1n) is 7.29. The molecule has 0 unspecified atom stereocenters. The maximum Gasteiger partial charge on any atom is 0.122 e. The van der Waals surface area contributed by atoms with Gasteiger partial charge in [-0.25, -0.2) is 0 Å². The van der Waals surface area contributed by atoms with Gasteiger partial charge in [-0.05, 0) is 36.9 Å². The molecule has 0 spiro atoms. The van der Waals surface area contributed by atoms with Crippen molar-refractivity contribution in [2.24, 2.45) is 0 Å². The van der Waals surface area contributed by atoms with Crippen molar-refractivity contribution in [1.29, 1.82) is 0 Å². The smallest absolute Gasteiger partial charge is 0.122 e. The van der Waals surface area contributed by atoms with Gasteiger partial charge in [-0.1, -0.05) is 32.0 Å². The summed E-state index contributed by atoms with van der Waals surface area (Å²) >= 11 is 2.04. The normalized spacial score (nSPS) is 15.3. The van der Waals surface area contributed by atoms with Crippen molar-refractivity contribution in [3.63, 3.8) is 0 Å². The lowest BCUT2D eigenvalue weighted by Crippen LogP contribution is -2.21. The van der Waals surface area contributed by atoms with Crippen molar-refractivity contribution in [3.05, 3.63) is 29.8 Å². The highest BCUT2D eigenvalue weighted by Gasteiger charge is 2.11. The van der Waals surface area contributed by atoms with Crippen LogP contribution in [0.25, 0.3) is 0 Å². The van der Waals surface area contributed by atoms with Crippen LogP contribution in [0.15, 0.2) is 24.3 Å². The molecule has 0 saturated carbocycles. The molecule has 0 aliphatic carbocycles. The first-order valence-corrected chi connectivity index (χ1v) is 8.44. The van der Waals surface area contributed by atoms with Gasteiger partial charge in [0.15, 0.2) is 0 Å². The van der Waals surface area contributed by atoms with Gasteiger partial charge in [0.25, 0.3) is 0 Å². The van der Waals surface area contributed by atoms with E-state index in [-0.39, 0.29) is 12.4 Å². The molecular formula is C16H26ClNOS. The molecule has 1 saturated heterocycles. The van der Waals surface area contributed by atoms with E-state index in [0.29, 0.717) is 5.92 Å². The van der Waals surface area contributed by atoms with Crippen LogP contribution >= 0.6 is 24.2 Å². The van der Waals surface area contributed by atoms with Crippen molar-refractivity contribution in [3.8, 4) is 5.75 Å². The topological polar surface area (TPSA) is 12.5 Å². The molecule has 1 aromatic carbocycles. The third-order valence-electron chi connectivity index (χ3n) is 3.49. The van der Waals surface area contributed by atoms with Crippen LogP contribution in [-0.4, -0.2) is 36.2 Å². The SMILES string of the molecule is CC(C)c1ccccc1OCCCCN1CCSC1.Cl. The number of rotatable bonds is 7. The standard InChI is InChI=1S/C16H25NOS.ClH/c1-14(2)15-7-3-4-8-16(15)18-11-6-5-9-17-10-12-19-13-17;/h3-4,7-8,14H,5-6,9-13H2,1-2H3;1H. The van der Waals surface area contributed by atoms with E-state index >= 15 is 0 Å². The summed E-state index contributed by atoms with van der Waals surface area (Å²) < 4.78 is 5.94. The number of thioether (sulfide) groups is 1. The molecule has 0 bridgehead atoms. The second kappa shape index (κ2) is 9.54. The minimum absolute atomic E-state index is 0. The fourth-order valence-corrected chi connectivity index (χ4v) is 3.37. The Kier molecular flexibility index (Phi) is 8.43. The van der Waals surface area contributed by atoms with Crippen LogP contribution in [0.4, 0.5) is 0 Å². The van der Waals surface area contributed by atoms with E-state index in [1.54, 1.807) is 0 Å². The number of ether oxygens (including phenoxy) is 1. The fraction of sp³-hybridized carbons (Fsp3) is 0.625. The third-order valence-corrected chi connectivity index (χ3v) is 4.51. The second-order valence-corrected chi connectivity index (χ2v) is 6.48. The molecule has 0 radical (unpaired) electrons. The van der Waals surface area contributed by atoms with Gasteiger partial charge in [0.05, 0.1) is 6.61 Å². The number of nitrogens with zero attached hydrogens (tertiary/aromatic N) is 1. The van der Waals surface area contributed by atoms with Gasteiger partial charge in [-0.2, -0.15) is 0 Å². The Morgan fingerprint density at radius 1 is 1.25 bits per heavy atom. The van der Waals surface area contributed by atoms with E-state index in [4.69, 9.17) is 4.74 Å². The summed E-state index contributed by atoms with van der Waals surface area (Å²) in [4.78, 5) is 2.53. The minimum Gasteiger partial charge on any atom is -0.493 e. The minimum atomic E-state index is 0. The number of benzene rings is 1. The van der Waals surface area contributed by atoms with Crippen LogP contribution in [0.1, 0.15) is 38.2 Å². The number of para-hydroxylation sites is 1. The number of hydrogen-bond donors (Lipinski definition) is 0. The van der Waals surface area contributed by atoms with E-state index < -0.39 is 0 Å². The van der Waals surface area contributed by atoms with Gasteiger partial charge in [0, 0.05) is 18.2 Å². The Labute approximate surface area is 133 Å². The highest BCUT2D eigenvalue weighted by molar-refractivity contribution is 7.99. The first kappa shape index (κ1) is 17.7. The molecule has 1 aliphatic rings. The maximum atomic E-state index is 5.94. The van der Waals surface area contributed by atoms with Gasteiger partial charge in [-0.3, -0.25) is 4.90 Å². The van der Waals surface area contributed by atoms with E-state index in [2.05, 4.69) is 43.0 Å². The summed E-state index contributed by atoms with van der Waals surface area (Å²) in [5.74, 6) is 4.11. The molecule has 114 valence electrons. The van der Waals surface area contributed by atoms with Crippen LogP contribution in [-0.2, 0) is 0 Å². The lowest BCUT2D eigenvalue weighted by atomic mass is 10.0. The van der Waals surface area contributed by atoms with Crippen LogP contribution in [0.2, 0.25) is 0 Å². The van der Waals surface area contributed by atoms with E-state index in [9.17, 15) is 0 Å². The highest BCUT2D eigenvalue weighted by atomic mass is 35.5. The Bertz CT molecular complexity index is 380. The van der Waals surface area contributed by atoms with Crippen LogP contribution in [0.5, 0.6) is 5.75 Å². The highest BCUT2D eigenvalue weighted by Crippen LogP contribution is 2.25. The molecule has 2 rings (SSSR count). The van der Waals surface area contributed by atoms with Gasteiger partial charge in [0.1, 0.15) is 5.75 Å². The van der Waals surface area contributed by atoms with Crippen LogP contribution in [0, 0.1) is 0 Å². The van der Waals surface area contributed by atoms with Gasteiger partial charge < -0.3 is 4.74 Å². The predicted octanol–water partition coefficient (Wildman–Crippen LogP) is 4.40. The van der Waals surface area contributed by atoms with Crippen LogP contribution in [0.3, 0.4) is 0 Å². The zero-order chi connectivity index (χ0) is 13.5. The molecule has 4 heteroatoms. The van der Waals surface area contributed by atoms with Gasteiger partial charge >= 0.3 is 0 Å². The average molecular weight is 316 g/mol.